The van der Waals surface area contributed by atoms with Crippen LogP contribution in [0.3, 0.4) is 0 Å². The van der Waals surface area contributed by atoms with Gasteiger partial charge in [-0.1, -0.05) is 0 Å². The molecule has 6 atom stereocenters. The highest BCUT2D eigenvalue weighted by atomic mass is 19.4. The normalized spacial score (nSPS) is 30.9. The molecular formula is C14H28F3N3O3. The first-order valence-electron chi connectivity index (χ1n) is 7.76. The molecule has 0 amide bonds. The SMILES string of the molecule is CC(N)C(COCC1CCC(C(F)(F)F)N(C)C1CO)C(N)O. The van der Waals surface area contributed by atoms with Crippen LogP contribution in [0, 0.1) is 11.8 Å². The minimum Gasteiger partial charge on any atom is -0.395 e. The zero-order valence-corrected chi connectivity index (χ0v) is 13.5. The van der Waals surface area contributed by atoms with Crippen LogP contribution in [0.4, 0.5) is 13.2 Å². The van der Waals surface area contributed by atoms with Gasteiger partial charge in [-0.2, -0.15) is 13.2 Å². The van der Waals surface area contributed by atoms with E-state index in [-0.39, 0.29) is 38.2 Å². The van der Waals surface area contributed by atoms with Gasteiger partial charge in [-0.25, -0.2) is 0 Å². The van der Waals surface area contributed by atoms with Gasteiger partial charge in [0.05, 0.1) is 19.8 Å². The third-order valence-corrected chi connectivity index (χ3v) is 4.69. The number of alkyl halides is 3. The summed E-state index contributed by atoms with van der Waals surface area (Å²) < 4.78 is 44.4. The molecule has 0 radical (unpaired) electrons. The number of hydrogen-bond donors (Lipinski definition) is 4. The Morgan fingerprint density at radius 1 is 1.30 bits per heavy atom. The average molecular weight is 343 g/mol. The summed E-state index contributed by atoms with van der Waals surface area (Å²) in [6.45, 7) is 1.64. The number of halogens is 3. The molecule has 6 N–H and O–H groups in total. The lowest BCUT2D eigenvalue weighted by Crippen LogP contribution is -2.56. The van der Waals surface area contributed by atoms with E-state index in [1.54, 1.807) is 6.92 Å². The number of likely N-dealkylation sites (tertiary alicyclic amines) is 1. The third kappa shape index (κ3) is 5.54. The van der Waals surface area contributed by atoms with Crippen LogP contribution in [-0.2, 0) is 4.74 Å². The number of ether oxygens (including phenoxy) is 1. The minimum atomic E-state index is -4.31. The Balaban J connectivity index is 2.58. The van der Waals surface area contributed by atoms with Crippen molar-refractivity contribution in [2.24, 2.45) is 23.3 Å². The van der Waals surface area contributed by atoms with Gasteiger partial charge in [-0.15, -0.1) is 0 Å². The maximum atomic E-state index is 13.0. The summed E-state index contributed by atoms with van der Waals surface area (Å²) in [5, 5.41) is 18.9. The van der Waals surface area contributed by atoms with E-state index in [2.05, 4.69) is 0 Å². The fourth-order valence-corrected chi connectivity index (χ4v) is 3.12. The van der Waals surface area contributed by atoms with Crippen LogP contribution in [-0.4, -0.2) is 72.5 Å². The Hall–Kier alpha value is -0.450. The summed E-state index contributed by atoms with van der Waals surface area (Å²) in [4.78, 5) is 1.18. The number of rotatable bonds is 7. The Morgan fingerprint density at radius 2 is 1.91 bits per heavy atom. The van der Waals surface area contributed by atoms with Crippen molar-refractivity contribution < 1.29 is 28.1 Å². The molecule has 0 bridgehead atoms. The fraction of sp³-hybridized carbons (Fsp3) is 1.00. The van der Waals surface area contributed by atoms with Crippen LogP contribution in [0.25, 0.3) is 0 Å². The first-order chi connectivity index (χ1) is 10.6. The molecule has 1 aliphatic heterocycles. The molecular weight excluding hydrogens is 315 g/mol. The summed E-state index contributed by atoms with van der Waals surface area (Å²) in [6, 6.07) is -2.53. The first kappa shape index (κ1) is 20.6. The maximum Gasteiger partial charge on any atom is 0.404 e. The molecule has 1 aliphatic rings. The first-order valence-corrected chi connectivity index (χ1v) is 7.76. The van der Waals surface area contributed by atoms with E-state index in [9.17, 15) is 23.4 Å². The Bertz CT molecular complexity index is 348. The molecule has 1 fully saturated rings. The van der Waals surface area contributed by atoms with E-state index in [0.29, 0.717) is 6.42 Å². The van der Waals surface area contributed by atoms with Crippen molar-refractivity contribution in [1.29, 1.82) is 0 Å². The molecule has 0 saturated carbocycles. The van der Waals surface area contributed by atoms with Crippen molar-refractivity contribution in [3.8, 4) is 0 Å². The van der Waals surface area contributed by atoms with Crippen molar-refractivity contribution in [1.82, 2.24) is 4.90 Å². The lowest BCUT2D eigenvalue weighted by atomic mass is 9.86. The topological polar surface area (TPSA) is 105 Å². The second kappa shape index (κ2) is 8.59. The van der Waals surface area contributed by atoms with E-state index >= 15 is 0 Å². The Kier molecular flexibility index (Phi) is 7.69. The fourth-order valence-electron chi connectivity index (χ4n) is 3.12. The smallest absolute Gasteiger partial charge is 0.395 e. The van der Waals surface area contributed by atoms with Crippen molar-refractivity contribution in [3.05, 3.63) is 0 Å². The van der Waals surface area contributed by atoms with Gasteiger partial charge in [-0.3, -0.25) is 4.90 Å². The standard InChI is InChI=1S/C14H28F3N3O3/c1-8(18)10(13(19)22)7-23-6-9-3-4-12(14(15,16)17)20(2)11(9)5-21/h8-13,21-22H,3-7,18-19H2,1-2H3. The molecule has 6 unspecified atom stereocenters. The number of hydrogen-bond acceptors (Lipinski definition) is 6. The number of nitrogens with zero attached hydrogens (tertiary/aromatic N) is 1. The lowest BCUT2D eigenvalue weighted by Gasteiger charge is -2.44. The number of piperidine rings is 1. The monoisotopic (exact) mass is 343 g/mol. The van der Waals surface area contributed by atoms with Gasteiger partial charge in [0.1, 0.15) is 12.3 Å². The van der Waals surface area contributed by atoms with Crippen molar-refractivity contribution in [2.75, 3.05) is 26.9 Å². The molecule has 23 heavy (non-hydrogen) atoms. The molecule has 6 nitrogen and oxygen atoms in total. The van der Waals surface area contributed by atoms with Crippen LogP contribution < -0.4 is 11.5 Å². The molecule has 0 aliphatic carbocycles. The predicted molar refractivity (Wildman–Crippen MR) is 79.4 cm³/mol. The second-order valence-corrected chi connectivity index (χ2v) is 6.36. The lowest BCUT2D eigenvalue weighted by molar-refractivity contribution is -0.204. The Morgan fingerprint density at radius 3 is 2.35 bits per heavy atom. The highest BCUT2D eigenvalue weighted by Gasteiger charge is 2.48. The maximum absolute atomic E-state index is 13.0. The number of likely N-dealkylation sites (N-methyl/N-ethyl adjacent to an activating group) is 1. The molecule has 9 heteroatoms. The molecule has 0 aromatic rings. The number of nitrogens with two attached hydrogens (primary N) is 2. The van der Waals surface area contributed by atoms with Crippen molar-refractivity contribution >= 4 is 0 Å². The molecule has 1 saturated heterocycles. The third-order valence-electron chi connectivity index (χ3n) is 4.69. The molecule has 1 heterocycles. The molecule has 0 spiro atoms. The van der Waals surface area contributed by atoms with E-state index in [1.807, 2.05) is 0 Å². The number of aliphatic hydroxyl groups is 2. The van der Waals surface area contributed by atoms with Gasteiger partial charge in [-0.05, 0) is 26.8 Å². The van der Waals surface area contributed by atoms with Gasteiger partial charge in [0.15, 0.2) is 0 Å². The van der Waals surface area contributed by atoms with Crippen LogP contribution in [0.5, 0.6) is 0 Å². The van der Waals surface area contributed by atoms with Crippen LogP contribution >= 0.6 is 0 Å². The summed E-state index contributed by atoms with van der Waals surface area (Å²) in [6.07, 6.45) is -5.14. The summed E-state index contributed by atoms with van der Waals surface area (Å²) in [5.41, 5.74) is 11.1. The molecule has 0 aromatic carbocycles. The molecule has 0 aromatic heterocycles. The van der Waals surface area contributed by atoms with E-state index < -0.39 is 30.4 Å². The van der Waals surface area contributed by atoms with E-state index in [1.165, 1.54) is 11.9 Å². The summed E-state index contributed by atoms with van der Waals surface area (Å²) in [5.74, 6) is -0.668. The quantitative estimate of drug-likeness (QED) is 0.480. The van der Waals surface area contributed by atoms with E-state index in [4.69, 9.17) is 16.2 Å². The Labute approximate surface area is 134 Å². The van der Waals surface area contributed by atoms with Crippen LogP contribution in [0.2, 0.25) is 0 Å². The van der Waals surface area contributed by atoms with E-state index in [0.717, 1.165) is 0 Å². The van der Waals surface area contributed by atoms with Crippen molar-refractivity contribution in [2.45, 2.75) is 50.3 Å². The van der Waals surface area contributed by atoms with Gasteiger partial charge < -0.3 is 26.4 Å². The molecule has 1 rings (SSSR count). The van der Waals surface area contributed by atoms with Crippen LogP contribution in [0.15, 0.2) is 0 Å². The summed E-state index contributed by atoms with van der Waals surface area (Å²) in [7, 11) is 1.37. The number of aliphatic hydroxyl groups excluding tert-OH is 2. The highest BCUT2D eigenvalue weighted by Crippen LogP contribution is 2.36. The summed E-state index contributed by atoms with van der Waals surface area (Å²) >= 11 is 0. The largest absolute Gasteiger partial charge is 0.404 e. The minimum absolute atomic E-state index is 0.0270. The van der Waals surface area contributed by atoms with Gasteiger partial charge in [0.2, 0.25) is 0 Å². The zero-order chi connectivity index (χ0) is 17.8. The van der Waals surface area contributed by atoms with Gasteiger partial charge in [0.25, 0.3) is 0 Å². The van der Waals surface area contributed by atoms with Gasteiger partial charge in [0, 0.05) is 23.9 Å². The van der Waals surface area contributed by atoms with Gasteiger partial charge >= 0.3 is 6.18 Å². The predicted octanol–water partition coefficient (Wildman–Crippen LogP) is -0.123. The average Bonchev–Trinajstić information content (AvgIpc) is 2.41. The van der Waals surface area contributed by atoms with Crippen LogP contribution in [0.1, 0.15) is 19.8 Å². The highest BCUT2D eigenvalue weighted by molar-refractivity contribution is 4.91. The molecule has 138 valence electrons. The zero-order valence-electron chi connectivity index (χ0n) is 13.5. The second-order valence-electron chi connectivity index (χ2n) is 6.36. The van der Waals surface area contributed by atoms with Crippen molar-refractivity contribution in [3.63, 3.8) is 0 Å².